The molecule has 76 valence electrons. The number of amides is 1. The van der Waals surface area contributed by atoms with Crippen molar-refractivity contribution < 1.29 is 9.53 Å². The first kappa shape index (κ1) is 9.14. The number of rotatable bonds is 3. The largest absolute Gasteiger partial charge is 0.381 e. The summed E-state index contributed by atoms with van der Waals surface area (Å²) in [5, 5.41) is 9.14. The highest BCUT2D eigenvalue weighted by molar-refractivity contribution is 5.78. The molecule has 1 saturated heterocycles. The second-order valence-electron chi connectivity index (χ2n) is 3.21. The van der Waals surface area contributed by atoms with Crippen molar-refractivity contribution >= 4 is 5.91 Å². The molecule has 2 heterocycles. The minimum absolute atomic E-state index is 0.00192. The highest BCUT2D eigenvalue weighted by Gasteiger charge is 2.23. The molecule has 6 heteroatoms. The minimum atomic E-state index is -0.00192. The average Bonchev–Trinajstić information content (AvgIpc) is 2.87. The van der Waals surface area contributed by atoms with E-state index in [1.165, 1.54) is 6.33 Å². The molecule has 1 amide bonds. The van der Waals surface area contributed by atoms with Gasteiger partial charge in [-0.05, 0) is 6.42 Å². The zero-order valence-electron chi connectivity index (χ0n) is 7.69. The van der Waals surface area contributed by atoms with Crippen LogP contribution in [0.5, 0.6) is 0 Å². The lowest BCUT2D eigenvalue weighted by atomic mass is 10.1. The van der Waals surface area contributed by atoms with Crippen molar-refractivity contribution in [2.45, 2.75) is 13.0 Å². The molecule has 1 aromatic rings. The van der Waals surface area contributed by atoms with Crippen LogP contribution in [-0.4, -0.2) is 34.3 Å². The molecule has 0 aliphatic carbocycles. The topological polar surface area (TPSA) is 79.9 Å². The molecule has 2 rings (SSSR count). The lowest BCUT2D eigenvalue weighted by Crippen LogP contribution is -2.30. The van der Waals surface area contributed by atoms with Crippen molar-refractivity contribution in [2.24, 2.45) is 5.92 Å². The Morgan fingerprint density at radius 2 is 2.71 bits per heavy atom. The van der Waals surface area contributed by atoms with Crippen LogP contribution < -0.4 is 5.32 Å². The van der Waals surface area contributed by atoms with Gasteiger partial charge in [0.2, 0.25) is 5.91 Å². The predicted octanol–water partition coefficient (Wildman–Crippen LogP) is -0.543. The second kappa shape index (κ2) is 4.19. The van der Waals surface area contributed by atoms with E-state index in [0.29, 0.717) is 25.6 Å². The summed E-state index contributed by atoms with van der Waals surface area (Å²) < 4.78 is 5.12. The van der Waals surface area contributed by atoms with Crippen molar-refractivity contribution in [2.75, 3.05) is 13.2 Å². The third-order valence-electron chi connectivity index (χ3n) is 2.20. The Bertz CT molecular complexity index is 292. The SMILES string of the molecule is O=C(NCc1ncn[nH]1)C1CCOC1. The number of carbonyl (C=O) groups is 1. The third kappa shape index (κ3) is 2.08. The van der Waals surface area contributed by atoms with Crippen molar-refractivity contribution in [1.82, 2.24) is 20.5 Å². The molecule has 1 aromatic heterocycles. The second-order valence-corrected chi connectivity index (χ2v) is 3.21. The van der Waals surface area contributed by atoms with Crippen LogP contribution in [0, 0.1) is 5.92 Å². The van der Waals surface area contributed by atoms with Crippen LogP contribution in [0.1, 0.15) is 12.2 Å². The van der Waals surface area contributed by atoms with E-state index in [-0.39, 0.29) is 11.8 Å². The quantitative estimate of drug-likeness (QED) is 0.680. The lowest BCUT2D eigenvalue weighted by molar-refractivity contribution is -0.125. The minimum Gasteiger partial charge on any atom is -0.381 e. The maximum atomic E-state index is 11.5. The normalized spacial score (nSPS) is 21.0. The van der Waals surface area contributed by atoms with Gasteiger partial charge in [0.25, 0.3) is 0 Å². The predicted molar refractivity (Wildman–Crippen MR) is 47.2 cm³/mol. The van der Waals surface area contributed by atoms with Gasteiger partial charge in [0.1, 0.15) is 12.2 Å². The first-order chi connectivity index (χ1) is 6.86. The van der Waals surface area contributed by atoms with Gasteiger partial charge in [0.15, 0.2) is 0 Å². The molecule has 1 aliphatic heterocycles. The number of hydrogen-bond donors (Lipinski definition) is 2. The molecule has 0 aromatic carbocycles. The monoisotopic (exact) mass is 196 g/mol. The molecule has 14 heavy (non-hydrogen) atoms. The Morgan fingerprint density at radius 3 is 3.36 bits per heavy atom. The van der Waals surface area contributed by atoms with Gasteiger partial charge < -0.3 is 10.1 Å². The molecule has 1 atom stereocenters. The molecule has 1 fully saturated rings. The maximum absolute atomic E-state index is 11.5. The fourth-order valence-corrected chi connectivity index (χ4v) is 1.37. The summed E-state index contributed by atoms with van der Waals surface area (Å²) in [6.45, 7) is 1.61. The van der Waals surface area contributed by atoms with Crippen molar-refractivity contribution in [3.8, 4) is 0 Å². The van der Waals surface area contributed by atoms with E-state index >= 15 is 0 Å². The summed E-state index contributed by atoms with van der Waals surface area (Å²) in [7, 11) is 0. The first-order valence-electron chi connectivity index (χ1n) is 4.56. The van der Waals surface area contributed by atoms with Gasteiger partial charge in [0, 0.05) is 6.61 Å². The van der Waals surface area contributed by atoms with Crippen molar-refractivity contribution in [1.29, 1.82) is 0 Å². The Morgan fingerprint density at radius 1 is 1.79 bits per heavy atom. The summed E-state index contributed by atoms with van der Waals surface area (Å²) in [6, 6.07) is 0. The van der Waals surface area contributed by atoms with Crippen LogP contribution in [0.2, 0.25) is 0 Å². The molecule has 6 nitrogen and oxygen atoms in total. The van der Waals surface area contributed by atoms with Gasteiger partial charge in [-0.25, -0.2) is 4.98 Å². The van der Waals surface area contributed by atoms with Crippen LogP contribution in [0.3, 0.4) is 0 Å². The summed E-state index contributed by atoms with van der Waals surface area (Å²) >= 11 is 0. The number of H-pyrrole nitrogens is 1. The molecule has 1 unspecified atom stereocenters. The maximum Gasteiger partial charge on any atom is 0.225 e. The summed E-state index contributed by atoms with van der Waals surface area (Å²) in [6.07, 6.45) is 2.22. The van der Waals surface area contributed by atoms with E-state index in [0.717, 1.165) is 6.42 Å². The molecular weight excluding hydrogens is 184 g/mol. The lowest BCUT2D eigenvalue weighted by Gasteiger charge is -2.07. The number of carbonyl (C=O) groups excluding carboxylic acids is 1. The van der Waals surface area contributed by atoms with E-state index in [2.05, 4.69) is 20.5 Å². The van der Waals surface area contributed by atoms with Gasteiger partial charge in [-0.3, -0.25) is 9.89 Å². The number of ether oxygens (including phenoxy) is 1. The Kier molecular flexibility index (Phi) is 2.73. The van der Waals surface area contributed by atoms with Gasteiger partial charge >= 0.3 is 0 Å². The van der Waals surface area contributed by atoms with E-state index in [9.17, 15) is 4.79 Å². The standard InChI is InChI=1S/C8H12N4O2/c13-8(6-1-2-14-4-6)9-3-7-10-5-11-12-7/h5-6H,1-4H2,(H,9,13)(H,10,11,12). The number of aromatic amines is 1. The fourth-order valence-electron chi connectivity index (χ4n) is 1.37. The van der Waals surface area contributed by atoms with Gasteiger partial charge in [-0.2, -0.15) is 5.10 Å². The van der Waals surface area contributed by atoms with Crippen molar-refractivity contribution in [3.05, 3.63) is 12.2 Å². The van der Waals surface area contributed by atoms with E-state index in [1.54, 1.807) is 0 Å². The highest BCUT2D eigenvalue weighted by Crippen LogP contribution is 2.11. The van der Waals surface area contributed by atoms with Crippen LogP contribution >= 0.6 is 0 Å². The fraction of sp³-hybridized carbons (Fsp3) is 0.625. The molecule has 0 saturated carbocycles. The summed E-state index contributed by atoms with van der Waals surface area (Å²) in [5.74, 6) is 0.689. The van der Waals surface area contributed by atoms with E-state index in [4.69, 9.17) is 4.74 Å². The zero-order valence-corrected chi connectivity index (χ0v) is 7.69. The van der Waals surface area contributed by atoms with Gasteiger partial charge in [-0.15, -0.1) is 0 Å². The van der Waals surface area contributed by atoms with E-state index < -0.39 is 0 Å². The zero-order chi connectivity index (χ0) is 9.80. The Labute approximate surface area is 81.1 Å². The molecule has 0 spiro atoms. The summed E-state index contributed by atoms with van der Waals surface area (Å²) in [5.41, 5.74) is 0. The molecule has 1 aliphatic rings. The number of nitrogens with zero attached hydrogens (tertiary/aromatic N) is 2. The van der Waals surface area contributed by atoms with Crippen LogP contribution in [0.4, 0.5) is 0 Å². The Balaban J connectivity index is 1.77. The van der Waals surface area contributed by atoms with Crippen LogP contribution in [-0.2, 0) is 16.1 Å². The van der Waals surface area contributed by atoms with Gasteiger partial charge in [0.05, 0.1) is 19.1 Å². The number of nitrogens with one attached hydrogen (secondary N) is 2. The molecule has 0 radical (unpaired) electrons. The molecule has 0 bridgehead atoms. The third-order valence-corrected chi connectivity index (χ3v) is 2.20. The average molecular weight is 196 g/mol. The summed E-state index contributed by atoms with van der Waals surface area (Å²) in [4.78, 5) is 15.4. The highest BCUT2D eigenvalue weighted by atomic mass is 16.5. The van der Waals surface area contributed by atoms with E-state index in [1.807, 2.05) is 0 Å². The Hall–Kier alpha value is -1.43. The van der Waals surface area contributed by atoms with Crippen LogP contribution in [0.25, 0.3) is 0 Å². The molecule has 2 N–H and O–H groups in total. The van der Waals surface area contributed by atoms with Crippen molar-refractivity contribution in [3.63, 3.8) is 0 Å². The first-order valence-corrected chi connectivity index (χ1v) is 4.56. The molecular formula is C8H12N4O2. The number of aromatic nitrogens is 3. The smallest absolute Gasteiger partial charge is 0.225 e. The number of hydrogen-bond acceptors (Lipinski definition) is 4. The van der Waals surface area contributed by atoms with Gasteiger partial charge in [-0.1, -0.05) is 0 Å². The van der Waals surface area contributed by atoms with Crippen LogP contribution in [0.15, 0.2) is 6.33 Å².